The molecule has 5 rings (SSSR count). The fourth-order valence-electron chi connectivity index (χ4n) is 3.21. The van der Waals surface area contributed by atoms with Crippen LogP contribution in [0.25, 0.3) is 33.8 Å². The smallest absolute Gasteiger partial charge is 0.182 e. The van der Waals surface area contributed by atoms with E-state index in [1.807, 2.05) is 10.7 Å². The van der Waals surface area contributed by atoms with Gasteiger partial charge < -0.3 is 5.11 Å². The van der Waals surface area contributed by atoms with Crippen LogP contribution in [0.5, 0.6) is 5.75 Å². The largest absolute Gasteiger partial charge is 0.508 e. The number of aromatic hydroxyl groups is 1. The Morgan fingerprint density at radius 1 is 1.00 bits per heavy atom. The van der Waals surface area contributed by atoms with Gasteiger partial charge in [-0.15, -0.1) is 5.10 Å². The van der Waals surface area contributed by atoms with E-state index >= 15 is 0 Å². The summed E-state index contributed by atoms with van der Waals surface area (Å²) in [5.41, 5.74) is 5.42. The number of rotatable bonds is 2. The molecule has 0 unspecified atom stereocenters. The predicted molar refractivity (Wildman–Crippen MR) is 102 cm³/mol. The van der Waals surface area contributed by atoms with Gasteiger partial charge in [0.15, 0.2) is 17.1 Å². The van der Waals surface area contributed by atoms with Crippen LogP contribution in [0.1, 0.15) is 11.1 Å². The van der Waals surface area contributed by atoms with Crippen LogP contribution < -0.4 is 0 Å². The molecule has 0 aliphatic heterocycles. The molecule has 27 heavy (non-hydrogen) atoms. The first-order valence-corrected chi connectivity index (χ1v) is 8.56. The fraction of sp³-hybridized carbons (Fsp3) is 0.100. The Kier molecular flexibility index (Phi) is 3.24. The van der Waals surface area contributed by atoms with Crippen LogP contribution in [0.4, 0.5) is 0 Å². The molecule has 132 valence electrons. The zero-order valence-electron chi connectivity index (χ0n) is 14.8. The van der Waals surface area contributed by atoms with E-state index in [2.05, 4.69) is 52.2 Å². The summed E-state index contributed by atoms with van der Waals surface area (Å²) in [5.74, 6) is 0.706. The van der Waals surface area contributed by atoms with Crippen LogP contribution in [0.3, 0.4) is 0 Å². The van der Waals surface area contributed by atoms with Gasteiger partial charge in [0.05, 0.1) is 17.3 Å². The van der Waals surface area contributed by atoms with Gasteiger partial charge in [-0.05, 0) is 43.2 Å². The highest BCUT2D eigenvalue weighted by Gasteiger charge is 2.15. The van der Waals surface area contributed by atoms with Crippen LogP contribution in [-0.2, 0) is 0 Å². The van der Waals surface area contributed by atoms with E-state index in [9.17, 15) is 5.11 Å². The van der Waals surface area contributed by atoms with Crippen molar-refractivity contribution in [3.63, 3.8) is 0 Å². The van der Waals surface area contributed by atoms with Crippen LogP contribution >= 0.6 is 0 Å². The Morgan fingerprint density at radius 3 is 2.74 bits per heavy atom. The minimum atomic E-state index is 0.178. The summed E-state index contributed by atoms with van der Waals surface area (Å²) < 4.78 is 3.47. The highest BCUT2D eigenvalue weighted by atomic mass is 16.3. The number of aryl methyl sites for hydroxylation is 2. The van der Waals surface area contributed by atoms with E-state index < -0.39 is 0 Å². The van der Waals surface area contributed by atoms with E-state index in [0.717, 1.165) is 33.4 Å². The molecule has 5 aromatic rings. The summed E-state index contributed by atoms with van der Waals surface area (Å²) in [7, 11) is 0. The number of hydrogen-bond acceptors (Lipinski definition) is 5. The Morgan fingerprint density at radius 2 is 1.89 bits per heavy atom. The van der Waals surface area contributed by atoms with Gasteiger partial charge in [0.2, 0.25) is 0 Å². The summed E-state index contributed by atoms with van der Waals surface area (Å²) in [5, 5.41) is 19.6. The molecule has 0 aliphatic rings. The average molecular weight is 356 g/mol. The summed E-state index contributed by atoms with van der Waals surface area (Å²) in [6.07, 6.45) is 3.40. The molecule has 0 spiro atoms. The molecule has 1 N–H and O–H groups in total. The van der Waals surface area contributed by atoms with Crippen molar-refractivity contribution in [1.82, 2.24) is 29.4 Å². The maximum atomic E-state index is 9.71. The van der Waals surface area contributed by atoms with Crippen molar-refractivity contribution in [2.45, 2.75) is 13.8 Å². The standard InChI is InChI=1S/C20H16N6O/c1-12-6-7-13(2)17(8-12)26-19-16(10-22-26)20-23-18(24-25(20)11-21-19)14-4-3-5-15(27)9-14/h3-11,27H,1-2H3. The Balaban J connectivity index is 1.72. The lowest BCUT2D eigenvalue weighted by Gasteiger charge is -2.07. The second-order valence-electron chi connectivity index (χ2n) is 6.58. The van der Waals surface area contributed by atoms with Crippen molar-refractivity contribution >= 4 is 16.7 Å². The average Bonchev–Trinajstić information content (AvgIpc) is 3.27. The van der Waals surface area contributed by atoms with E-state index in [4.69, 9.17) is 0 Å². The Labute approximate surface area is 154 Å². The number of fused-ring (bicyclic) bond motifs is 3. The van der Waals surface area contributed by atoms with Crippen molar-refractivity contribution in [2.75, 3.05) is 0 Å². The van der Waals surface area contributed by atoms with Gasteiger partial charge in [-0.1, -0.05) is 24.3 Å². The topological polar surface area (TPSA) is 81.1 Å². The zero-order valence-corrected chi connectivity index (χ0v) is 14.8. The van der Waals surface area contributed by atoms with Gasteiger partial charge in [-0.25, -0.2) is 19.2 Å². The second-order valence-corrected chi connectivity index (χ2v) is 6.58. The van der Waals surface area contributed by atoms with Crippen LogP contribution in [0.2, 0.25) is 0 Å². The van der Waals surface area contributed by atoms with Crippen molar-refractivity contribution in [3.05, 3.63) is 66.1 Å². The first-order valence-electron chi connectivity index (χ1n) is 8.56. The molecule has 0 bridgehead atoms. The molecule has 0 fully saturated rings. The van der Waals surface area contributed by atoms with E-state index in [-0.39, 0.29) is 5.75 Å². The SMILES string of the molecule is Cc1ccc(C)c(-n2ncc3c2ncn2nc(-c4cccc(O)c4)nc32)c1. The highest BCUT2D eigenvalue weighted by Crippen LogP contribution is 2.25. The molecular formula is C20H16N6O. The van der Waals surface area contributed by atoms with E-state index in [1.54, 1.807) is 35.2 Å². The molecule has 0 aliphatic carbocycles. The quantitative estimate of drug-likeness (QED) is 0.524. The molecule has 0 saturated heterocycles. The van der Waals surface area contributed by atoms with Gasteiger partial charge in [-0.2, -0.15) is 5.10 Å². The molecule has 0 atom stereocenters. The van der Waals surface area contributed by atoms with Gasteiger partial charge in [0, 0.05) is 5.56 Å². The van der Waals surface area contributed by atoms with Gasteiger partial charge in [-0.3, -0.25) is 0 Å². The third-order valence-electron chi connectivity index (χ3n) is 4.60. The minimum absolute atomic E-state index is 0.178. The lowest BCUT2D eigenvalue weighted by molar-refractivity contribution is 0.475. The number of benzene rings is 2. The normalized spacial score (nSPS) is 11.5. The van der Waals surface area contributed by atoms with Crippen LogP contribution in [0.15, 0.2) is 55.0 Å². The van der Waals surface area contributed by atoms with Crippen molar-refractivity contribution in [2.24, 2.45) is 0 Å². The predicted octanol–water partition coefficient (Wildman–Crippen LogP) is 3.45. The highest BCUT2D eigenvalue weighted by molar-refractivity contribution is 5.90. The number of aromatic nitrogens is 6. The summed E-state index contributed by atoms with van der Waals surface area (Å²) in [6.45, 7) is 4.11. The second kappa shape index (κ2) is 5.63. The van der Waals surface area contributed by atoms with Gasteiger partial charge >= 0.3 is 0 Å². The number of phenols is 1. The first kappa shape index (κ1) is 15.5. The summed E-state index contributed by atoms with van der Waals surface area (Å²) >= 11 is 0. The molecule has 7 heteroatoms. The zero-order chi connectivity index (χ0) is 18.5. The summed E-state index contributed by atoms with van der Waals surface area (Å²) in [6, 6.07) is 13.1. The monoisotopic (exact) mass is 356 g/mol. The van der Waals surface area contributed by atoms with Crippen molar-refractivity contribution < 1.29 is 5.11 Å². The number of phenolic OH excluding ortho intramolecular Hbond substituents is 1. The van der Waals surface area contributed by atoms with Crippen molar-refractivity contribution in [1.29, 1.82) is 0 Å². The molecular weight excluding hydrogens is 340 g/mol. The Hall–Kier alpha value is -3.74. The third-order valence-corrected chi connectivity index (χ3v) is 4.60. The molecule has 2 aromatic carbocycles. The molecule has 0 amide bonds. The fourth-order valence-corrected chi connectivity index (χ4v) is 3.21. The maximum absolute atomic E-state index is 9.71. The van der Waals surface area contributed by atoms with Gasteiger partial charge in [0.25, 0.3) is 0 Å². The summed E-state index contributed by atoms with van der Waals surface area (Å²) in [4.78, 5) is 9.20. The molecule has 3 heterocycles. The van der Waals surface area contributed by atoms with E-state index in [1.165, 1.54) is 0 Å². The van der Waals surface area contributed by atoms with E-state index in [0.29, 0.717) is 11.5 Å². The van der Waals surface area contributed by atoms with Crippen molar-refractivity contribution in [3.8, 4) is 22.8 Å². The Bertz CT molecular complexity index is 1320. The maximum Gasteiger partial charge on any atom is 0.182 e. The third kappa shape index (κ3) is 2.43. The minimum Gasteiger partial charge on any atom is -0.508 e. The number of hydrogen-bond donors (Lipinski definition) is 1. The molecule has 0 radical (unpaired) electrons. The lowest BCUT2D eigenvalue weighted by Crippen LogP contribution is -2.01. The lowest BCUT2D eigenvalue weighted by atomic mass is 10.1. The molecule has 7 nitrogen and oxygen atoms in total. The van der Waals surface area contributed by atoms with Crippen LogP contribution in [-0.4, -0.2) is 34.5 Å². The molecule has 3 aromatic heterocycles. The number of nitrogens with zero attached hydrogens (tertiary/aromatic N) is 6. The van der Waals surface area contributed by atoms with Gasteiger partial charge in [0.1, 0.15) is 12.1 Å². The molecule has 0 saturated carbocycles. The first-order chi connectivity index (χ1) is 13.1. The van der Waals surface area contributed by atoms with Crippen LogP contribution in [0, 0.1) is 13.8 Å².